The van der Waals surface area contributed by atoms with Gasteiger partial charge in [-0.1, -0.05) is 198 Å². The van der Waals surface area contributed by atoms with E-state index in [1.807, 2.05) is 0 Å². The fourth-order valence-electron chi connectivity index (χ4n) is 9.40. The average Bonchev–Trinajstić information content (AvgIpc) is 3.73. The molecule has 0 aliphatic carbocycles. The van der Waals surface area contributed by atoms with Gasteiger partial charge in [0.2, 0.25) is 13.4 Å². The zero-order valence-electron chi connectivity index (χ0n) is 28.0. The van der Waals surface area contributed by atoms with E-state index in [0.717, 1.165) is 0 Å². The molecule has 0 fully saturated rings. The van der Waals surface area contributed by atoms with Crippen molar-refractivity contribution in [1.29, 1.82) is 0 Å². The molecule has 0 unspecified atom stereocenters. The molecule has 0 bridgehead atoms. The molecule has 3 heteroatoms. The largest absolute Gasteiger partial charge is 0.310 e. The molecule has 0 spiro atoms. The van der Waals surface area contributed by atoms with Crippen LogP contribution in [0.1, 0.15) is 0 Å². The zero-order chi connectivity index (χ0) is 33.5. The van der Waals surface area contributed by atoms with Crippen LogP contribution in [0.3, 0.4) is 0 Å². The minimum absolute atomic E-state index is 0.0641. The fraction of sp³-hybridized carbons (Fsp3) is 0. The quantitative estimate of drug-likeness (QED) is 0.177. The highest BCUT2D eigenvalue weighted by atomic mass is 15.0. The molecule has 11 rings (SSSR count). The lowest BCUT2D eigenvalue weighted by Crippen LogP contribution is -2.64. The minimum Gasteiger partial charge on any atom is -0.310 e. The van der Waals surface area contributed by atoms with E-state index in [-0.39, 0.29) is 13.4 Å². The van der Waals surface area contributed by atoms with Crippen LogP contribution >= 0.6 is 0 Å². The van der Waals surface area contributed by atoms with Crippen molar-refractivity contribution in [3.63, 3.8) is 0 Å². The van der Waals surface area contributed by atoms with Gasteiger partial charge in [0.15, 0.2) is 0 Å². The maximum Gasteiger partial charge on any atom is 0.245 e. The van der Waals surface area contributed by atoms with Gasteiger partial charge in [-0.3, -0.25) is 0 Å². The third-order valence-electron chi connectivity index (χ3n) is 11.4. The van der Waals surface area contributed by atoms with Gasteiger partial charge in [-0.25, -0.2) is 0 Å². The number of benzene rings is 8. The van der Waals surface area contributed by atoms with Crippen molar-refractivity contribution in [2.75, 3.05) is 0 Å². The molecule has 234 valence electrons. The van der Waals surface area contributed by atoms with Crippen molar-refractivity contribution in [3.8, 4) is 39.1 Å². The molecule has 2 aliphatic heterocycles. The summed E-state index contributed by atoms with van der Waals surface area (Å²) in [5.41, 5.74) is 19.6. The lowest BCUT2D eigenvalue weighted by molar-refractivity contribution is 1.20. The molecule has 3 heterocycles. The van der Waals surface area contributed by atoms with E-state index < -0.39 is 0 Å². The molecule has 0 radical (unpaired) electrons. The monoisotopic (exact) mass is 643 g/mol. The van der Waals surface area contributed by atoms with E-state index in [0.29, 0.717) is 0 Å². The van der Waals surface area contributed by atoms with Crippen LogP contribution in [0.5, 0.6) is 0 Å². The second kappa shape index (κ2) is 11.1. The predicted octanol–water partition coefficient (Wildman–Crippen LogP) is 7.44. The molecule has 8 aromatic carbocycles. The third-order valence-corrected chi connectivity index (χ3v) is 11.4. The Bertz CT molecular complexity index is 2760. The smallest absolute Gasteiger partial charge is 0.245 e. The van der Waals surface area contributed by atoms with Crippen molar-refractivity contribution in [3.05, 3.63) is 188 Å². The summed E-state index contributed by atoms with van der Waals surface area (Å²) < 4.78 is 2.60. The number of hydrogen-bond acceptors (Lipinski definition) is 0. The maximum atomic E-state index is 2.60. The molecule has 51 heavy (non-hydrogen) atoms. The van der Waals surface area contributed by atoms with Gasteiger partial charge in [0, 0.05) is 22.0 Å². The van der Waals surface area contributed by atoms with Crippen LogP contribution in [0.2, 0.25) is 0 Å². The van der Waals surface area contributed by atoms with E-state index in [9.17, 15) is 0 Å². The van der Waals surface area contributed by atoms with Gasteiger partial charge in [-0.05, 0) is 56.4 Å². The van der Waals surface area contributed by atoms with Gasteiger partial charge < -0.3 is 4.57 Å². The van der Waals surface area contributed by atoms with Crippen molar-refractivity contribution < 1.29 is 0 Å². The number of aromatic nitrogens is 1. The molecule has 0 N–H and O–H groups in total. The van der Waals surface area contributed by atoms with E-state index in [2.05, 4.69) is 193 Å². The first-order valence-electron chi connectivity index (χ1n) is 17.9. The normalized spacial score (nSPS) is 12.6. The highest BCUT2D eigenvalue weighted by molar-refractivity contribution is 7.07. The van der Waals surface area contributed by atoms with Gasteiger partial charge in [-0.15, -0.1) is 0 Å². The minimum atomic E-state index is -0.0641. The zero-order valence-corrected chi connectivity index (χ0v) is 28.0. The number of hydrogen-bond donors (Lipinski definition) is 0. The molecule has 9 aromatic rings. The first-order valence-corrected chi connectivity index (χ1v) is 17.9. The summed E-state index contributed by atoms with van der Waals surface area (Å²) in [6.07, 6.45) is 0. The van der Waals surface area contributed by atoms with Crippen molar-refractivity contribution in [1.82, 2.24) is 4.57 Å². The summed E-state index contributed by atoms with van der Waals surface area (Å²) in [5.74, 6) is 0. The first kappa shape index (κ1) is 28.5. The van der Waals surface area contributed by atoms with Crippen LogP contribution in [0.4, 0.5) is 0 Å². The molecule has 1 nitrogen and oxygen atoms in total. The van der Waals surface area contributed by atoms with E-state index in [1.165, 1.54) is 93.7 Å². The Morgan fingerprint density at radius 1 is 0.314 bits per heavy atom. The lowest BCUT2D eigenvalue weighted by atomic mass is 9.28. The highest BCUT2D eigenvalue weighted by Gasteiger charge is 2.42. The highest BCUT2D eigenvalue weighted by Crippen LogP contribution is 2.36. The number of nitrogens with zero attached hydrogens (tertiary/aromatic N) is 1. The molecule has 2 aliphatic rings. The first-order chi connectivity index (χ1) is 25.4. The lowest BCUT2D eigenvalue weighted by Gasteiger charge is -2.27. The van der Waals surface area contributed by atoms with Crippen LogP contribution in [0.25, 0.3) is 60.9 Å². The molecule has 0 atom stereocenters. The second-order valence-electron chi connectivity index (χ2n) is 13.9. The summed E-state index contributed by atoms with van der Waals surface area (Å²) in [5, 5.41) is 2.60. The van der Waals surface area contributed by atoms with Crippen molar-refractivity contribution >= 4 is 68.0 Å². The number of rotatable bonds is 3. The maximum absolute atomic E-state index is 2.60. The van der Waals surface area contributed by atoms with Gasteiger partial charge in [-0.2, -0.15) is 0 Å². The Balaban J connectivity index is 1.36. The molecule has 0 saturated heterocycles. The fourth-order valence-corrected chi connectivity index (χ4v) is 9.40. The van der Waals surface area contributed by atoms with Crippen LogP contribution in [0.15, 0.2) is 188 Å². The predicted molar refractivity (Wildman–Crippen MR) is 219 cm³/mol. The summed E-state index contributed by atoms with van der Waals surface area (Å²) in [6.45, 7) is 0.0192. The van der Waals surface area contributed by atoms with Crippen molar-refractivity contribution in [2.24, 2.45) is 0 Å². The number of fused-ring (bicyclic) bond motifs is 10. The van der Waals surface area contributed by atoms with Gasteiger partial charge in [0.25, 0.3) is 0 Å². The van der Waals surface area contributed by atoms with Gasteiger partial charge in [0.1, 0.15) is 0 Å². The molecular weight excluding hydrogens is 612 g/mol. The summed E-state index contributed by atoms with van der Waals surface area (Å²) >= 11 is 0. The molecular formula is C48H31B2N. The Morgan fingerprint density at radius 2 is 0.843 bits per heavy atom. The molecule has 1 aromatic heterocycles. The Labute approximate surface area is 298 Å². The Morgan fingerprint density at radius 3 is 1.55 bits per heavy atom. The van der Waals surface area contributed by atoms with E-state index >= 15 is 0 Å². The Hall–Kier alpha value is -6.31. The Kier molecular flexibility index (Phi) is 6.21. The van der Waals surface area contributed by atoms with Crippen LogP contribution in [-0.4, -0.2) is 18.0 Å². The molecule has 0 saturated carbocycles. The van der Waals surface area contributed by atoms with Crippen molar-refractivity contribution in [2.45, 2.75) is 0 Å². The van der Waals surface area contributed by atoms with Gasteiger partial charge in [0.05, 0.1) is 5.52 Å². The second-order valence-corrected chi connectivity index (χ2v) is 13.9. The van der Waals surface area contributed by atoms with Crippen LogP contribution < -0.4 is 32.8 Å². The third kappa shape index (κ3) is 4.06. The van der Waals surface area contributed by atoms with E-state index in [1.54, 1.807) is 0 Å². The standard InChI is InChI=1S/C48H31B2N/c1-3-16-32(17-4-1)34-22-15-23-35(33-18-5-2-6-19-33)46(34)50-42-26-11-10-25-41(42)49-40-24-9-7-20-36(40)38-30-31-39-37-21-8-13-28-44(37)51(48(39)47(38)49)45-29-14-12-27-43(45)50/h1-31H. The SMILES string of the molecule is c1ccc(-c2cccc(-c3ccccc3)c2B2c3ccccc3B3c4ccccc4-c4ccc5c6ccccc6n(c5c43)-c3ccccc32)cc1. The molecule has 0 amide bonds. The number of para-hydroxylation sites is 2. The van der Waals surface area contributed by atoms with Crippen LogP contribution in [0, 0.1) is 0 Å². The average molecular weight is 643 g/mol. The summed E-state index contributed by atoms with van der Waals surface area (Å²) in [7, 11) is 0. The topological polar surface area (TPSA) is 4.93 Å². The van der Waals surface area contributed by atoms with Gasteiger partial charge >= 0.3 is 0 Å². The summed E-state index contributed by atoms with van der Waals surface area (Å²) in [6, 6.07) is 70.2. The van der Waals surface area contributed by atoms with Crippen LogP contribution in [-0.2, 0) is 0 Å². The van der Waals surface area contributed by atoms with E-state index in [4.69, 9.17) is 0 Å². The summed E-state index contributed by atoms with van der Waals surface area (Å²) in [4.78, 5) is 0.